The standard InChI is InChI=1S/C9H16O2/c1-3-8(2)6-4-5-7-9(10)11/h3H,4-7H2,1-2H3,(H,10,11). The number of allylic oxidation sites excluding steroid dienone is 2. The molecular formula is C9H16O2. The first-order valence-electron chi connectivity index (χ1n) is 4.00. The Morgan fingerprint density at radius 1 is 1.36 bits per heavy atom. The lowest BCUT2D eigenvalue weighted by Crippen LogP contribution is -1.93. The number of hydrogen-bond donors (Lipinski definition) is 1. The van der Waals surface area contributed by atoms with Gasteiger partial charge < -0.3 is 5.11 Å². The summed E-state index contributed by atoms with van der Waals surface area (Å²) < 4.78 is 0. The smallest absolute Gasteiger partial charge is 0.303 e. The first-order chi connectivity index (χ1) is 5.16. The Bertz CT molecular complexity index is 148. The molecule has 0 aromatic rings. The van der Waals surface area contributed by atoms with Gasteiger partial charge in [-0.3, -0.25) is 4.79 Å². The summed E-state index contributed by atoms with van der Waals surface area (Å²) in [5.41, 5.74) is 1.34. The number of unbranched alkanes of at least 4 members (excludes halogenated alkanes) is 1. The minimum atomic E-state index is -0.692. The predicted molar refractivity (Wildman–Crippen MR) is 45.5 cm³/mol. The Morgan fingerprint density at radius 3 is 2.36 bits per heavy atom. The van der Waals surface area contributed by atoms with E-state index >= 15 is 0 Å². The van der Waals surface area contributed by atoms with Gasteiger partial charge in [-0.05, 0) is 33.1 Å². The van der Waals surface area contributed by atoms with Crippen molar-refractivity contribution in [2.24, 2.45) is 0 Å². The average Bonchev–Trinajstić information content (AvgIpc) is 1.97. The molecule has 1 N–H and O–H groups in total. The fourth-order valence-corrected chi connectivity index (χ4v) is 0.824. The van der Waals surface area contributed by atoms with Gasteiger partial charge >= 0.3 is 5.97 Å². The molecule has 0 aromatic carbocycles. The molecule has 0 atom stereocenters. The van der Waals surface area contributed by atoms with E-state index in [1.54, 1.807) is 0 Å². The third kappa shape index (κ3) is 7.10. The van der Waals surface area contributed by atoms with Gasteiger partial charge in [-0.15, -0.1) is 0 Å². The van der Waals surface area contributed by atoms with Crippen LogP contribution in [0.3, 0.4) is 0 Å². The molecule has 64 valence electrons. The molecule has 0 rings (SSSR count). The Morgan fingerprint density at radius 2 is 1.91 bits per heavy atom. The zero-order chi connectivity index (χ0) is 8.69. The summed E-state index contributed by atoms with van der Waals surface area (Å²) in [6.45, 7) is 4.08. The number of rotatable bonds is 5. The number of carboxylic acids is 1. The van der Waals surface area contributed by atoms with E-state index in [2.05, 4.69) is 13.0 Å². The van der Waals surface area contributed by atoms with Crippen LogP contribution in [0.25, 0.3) is 0 Å². The quantitative estimate of drug-likeness (QED) is 0.490. The summed E-state index contributed by atoms with van der Waals surface area (Å²) >= 11 is 0. The molecule has 0 aliphatic heterocycles. The van der Waals surface area contributed by atoms with Crippen LogP contribution in [0.5, 0.6) is 0 Å². The van der Waals surface area contributed by atoms with Crippen molar-refractivity contribution in [3.63, 3.8) is 0 Å². The second-order valence-electron chi connectivity index (χ2n) is 2.74. The molecule has 11 heavy (non-hydrogen) atoms. The molecule has 0 amide bonds. The summed E-state index contributed by atoms with van der Waals surface area (Å²) in [6.07, 6.45) is 5.19. The van der Waals surface area contributed by atoms with E-state index in [4.69, 9.17) is 5.11 Å². The molecule has 0 heterocycles. The third-order valence-electron chi connectivity index (χ3n) is 1.70. The van der Waals surface area contributed by atoms with E-state index in [0.717, 1.165) is 19.3 Å². The molecule has 0 spiro atoms. The van der Waals surface area contributed by atoms with Gasteiger partial charge in [0, 0.05) is 6.42 Å². The highest BCUT2D eigenvalue weighted by Gasteiger charge is 1.95. The molecular weight excluding hydrogens is 140 g/mol. The second-order valence-corrected chi connectivity index (χ2v) is 2.74. The van der Waals surface area contributed by atoms with E-state index in [1.807, 2.05) is 6.92 Å². The SMILES string of the molecule is CC=C(C)CCCCC(=O)O. The van der Waals surface area contributed by atoms with Crippen molar-refractivity contribution in [3.8, 4) is 0 Å². The highest BCUT2D eigenvalue weighted by Crippen LogP contribution is 2.07. The monoisotopic (exact) mass is 156 g/mol. The van der Waals surface area contributed by atoms with Crippen LogP contribution in [0.2, 0.25) is 0 Å². The van der Waals surface area contributed by atoms with Crippen LogP contribution < -0.4 is 0 Å². The summed E-state index contributed by atoms with van der Waals surface area (Å²) in [5.74, 6) is -0.692. The summed E-state index contributed by atoms with van der Waals surface area (Å²) in [6, 6.07) is 0. The maximum Gasteiger partial charge on any atom is 0.303 e. The molecule has 0 fully saturated rings. The molecule has 0 saturated heterocycles. The van der Waals surface area contributed by atoms with E-state index in [-0.39, 0.29) is 0 Å². The van der Waals surface area contributed by atoms with Crippen molar-refractivity contribution in [2.45, 2.75) is 39.5 Å². The van der Waals surface area contributed by atoms with Crippen LogP contribution in [0, 0.1) is 0 Å². The summed E-state index contributed by atoms with van der Waals surface area (Å²) in [7, 11) is 0. The van der Waals surface area contributed by atoms with E-state index in [0.29, 0.717) is 6.42 Å². The topological polar surface area (TPSA) is 37.3 Å². The average molecular weight is 156 g/mol. The molecule has 0 aliphatic rings. The lowest BCUT2D eigenvalue weighted by atomic mass is 10.1. The van der Waals surface area contributed by atoms with Gasteiger partial charge in [0.15, 0.2) is 0 Å². The van der Waals surface area contributed by atoms with Crippen molar-refractivity contribution in [1.82, 2.24) is 0 Å². The lowest BCUT2D eigenvalue weighted by Gasteiger charge is -1.97. The van der Waals surface area contributed by atoms with Gasteiger partial charge in [0.2, 0.25) is 0 Å². The Kier molecular flexibility index (Phi) is 5.53. The summed E-state index contributed by atoms with van der Waals surface area (Å²) in [4.78, 5) is 10.1. The number of carbonyl (C=O) groups is 1. The van der Waals surface area contributed by atoms with Crippen molar-refractivity contribution in [3.05, 3.63) is 11.6 Å². The van der Waals surface area contributed by atoms with Crippen molar-refractivity contribution in [1.29, 1.82) is 0 Å². The molecule has 0 radical (unpaired) electrons. The first-order valence-corrected chi connectivity index (χ1v) is 4.00. The maximum atomic E-state index is 10.1. The molecule has 0 unspecified atom stereocenters. The predicted octanol–water partition coefficient (Wildman–Crippen LogP) is 2.60. The van der Waals surface area contributed by atoms with E-state index < -0.39 is 5.97 Å². The van der Waals surface area contributed by atoms with Crippen LogP contribution in [-0.4, -0.2) is 11.1 Å². The molecule has 0 aromatic heterocycles. The first kappa shape index (κ1) is 10.2. The van der Waals surface area contributed by atoms with Gasteiger partial charge in [0.1, 0.15) is 0 Å². The van der Waals surface area contributed by atoms with Gasteiger partial charge in [-0.25, -0.2) is 0 Å². The minimum Gasteiger partial charge on any atom is -0.481 e. The Labute approximate surface area is 67.9 Å². The van der Waals surface area contributed by atoms with Crippen LogP contribution in [0.15, 0.2) is 11.6 Å². The van der Waals surface area contributed by atoms with E-state index in [1.165, 1.54) is 5.57 Å². The zero-order valence-electron chi connectivity index (χ0n) is 7.26. The normalized spacial score (nSPS) is 11.6. The van der Waals surface area contributed by atoms with Crippen molar-refractivity contribution < 1.29 is 9.90 Å². The molecule has 2 heteroatoms. The van der Waals surface area contributed by atoms with Gasteiger partial charge in [0.05, 0.1) is 0 Å². The zero-order valence-corrected chi connectivity index (χ0v) is 7.26. The highest BCUT2D eigenvalue weighted by atomic mass is 16.4. The molecule has 0 bridgehead atoms. The minimum absolute atomic E-state index is 0.303. The number of hydrogen-bond acceptors (Lipinski definition) is 1. The highest BCUT2D eigenvalue weighted by molar-refractivity contribution is 5.66. The fourth-order valence-electron chi connectivity index (χ4n) is 0.824. The van der Waals surface area contributed by atoms with Crippen LogP contribution >= 0.6 is 0 Å². The van der Waals surface area contributed by atoms with Gasteiger partial charge in [-0.1, -0.05) is 11.6 Å². The maximum absolute atomic E-state index is 10.1. The molecule has 2 nitrogen and oxygen atoms in total. The van der Waals surface area contributed by atoms with Crippen LogP contribution in [0.4, 0.5) is 0 Å². The van der Waals surface area contributed by atoms with Crippen molar-refractivity contribution >= 4 is 5.97 Å². The van der Waals surface area contributed by atoms with E-state index in [9.17, 15) is 4.79 Å². The Balaban J connectivity index is 3.21. The molecule has 0 aliphatic carbocycles. The summed E-state index contributed by atoms with van der Waals surface area (Å²) in [5, 5.41) is 8.32. The van der Waals surface area contributed by atoms with Gasteiger partial charge in [0.25, 0.3) is 0 Å². The van der Waals surface area contributed by atoms with Crippen LogP contribution in [-0.2, 0) is 4.79 Å². The Hall–Kier alpha value is -0.790. The van der Waals surface area contributed by atoms with Crippen LogP contribution in [0.1, 0.15) is 39.5 Å². The second kappa shape index (κ2) is 5.96. The van der Waals surface area contributed by atoms with Crippen molar-refractivity contribution in [2.75, 3.05) is 0 Å². The number of aliphatic carboxylic acids is 1. The molecule has 0 saturated carbocycles. The fraction of sp³-hybridized carbons (Fsp3) is 0.667. The third-order valence-corrected chi connectivity index (χ3v) is 1.70. The lowest BCUT2D eigenvalue weighted by molar-refractivity contribution is -0.137. The van der Waals surface area contributed by atoms with Gasteiger partial charge in [-0.2, -0.15) is 0 Å². The number of carboxylic acid groups (broad SMARTS) is 1. The largest absolute Gasteiger partial charge is 0.481 e.